The summed E-state index contributed by atoms with van der Waals surface area (Å²) in [7, 11) is 1.43. The molecule has 1 aromatic carbocycles. The van der Waals surface area contributed by atoms with Gasteiger partial charge in [0, 0.05) is 17.6 Å². The summed E-state index contributed by atoms with van der Waals surface area (Å²) >= 11 is 0. The highest BCUT2D eigenvalue weighted by molar-refractivity contribution is 5.20. The molecule has 0 spiro atoms. The van der Waals surface area contributed by atoms with Crippen molar-refractivity contribution in [2.75, 3.05) is 13.7 Å². The van der Waals surface area contributed by atoms with Crippen LogP contribution in [0.25, 0.3) is 10.4 Å². The molecule has 23 heavy (non-hydrogen) atoms. The molecule has 0 radical (unpaired) electrons. The van der Waals surface area contributed by atoms with Crippen LogP contribution in [-0.2, 0) is 24.7 Å². The van der Waals surface area contributed by atoms with Gasteiger partial charge in [-0.05, 0) is 12.5 Å². The number of hydrogen-bond donors (Lipinski definition) is 1. The molecular weight excluding hydrogens is 302 g/mol. The van der Waals surface area contributed by atoms with Gasteiger partial charge in [-0.2, -0.15) is 0 Å². The van der Waals surface area contributed by atoms with Crippen molar-refractivity contribution in [1.82, 2.24) is 0 Å². The molecule has 0 bridgehead atoms. The lowest BCUT2D eigenvalue weighted by molar-refractivity contribution is -0.376. The van der Waals surface area contributed by atoms with Gasteiger partial charge in [0.15, 0.2) is 12.1 Å². The second kappa shape index (κ2) is 6.45. The van der Waals surface area contributed by atoms with E-state index in [1.807, 2.05) is 30.3 Å². The molecular formula is C15H19N3O5. The zero-order valence-corrected chi connectivity index (χ0v) is 12.9. The maximum atomic E-state index is 10.6. The van der Waals surface area contributed by atoms with Gasteiger partial charge < -0.3 is 24.1 Å². The van der Waals surface area contributed by atoms with Crippen molar-refractivity contribution in [3.63, 3.8) is 0 Å². The Bertz CT molecular complexity index is 594. The van der Waals surface area contributed by atoms with Crippen molar-refractivity contribution in [3.05, 3.63) is 46.3 Å². The number of nitrogens with zero attached hydrogens (tertiary/aromatic N) is 3. The van der Waals surface area contributed by atoms with E-state index in [0.717, 1.165) is 5.56 Å². The van der Waals surface area contributed by atoms with Crippen LogP contribution < -0.4 is 0 Å². The number of fused-ring (bicyclic) bond motifs is 1. The third-order valence-corrected chi connectivity index (χ3v) is 4.24. The lowest BCUT2D eigenvalue weighted by Crippen LogP contribution is -2.63. The summed E-state index contributed by atoms with van der Waals surface area (Å²) in [4.78, 5) is 2.76. The molecule has 2 saturated heterocycles. The topological polar surface area (TPSA) is 106 Å². The van der Waals surface area contributed by atoms with Crippen LogP contribution in [0, 0.1) is 0 Å². The van der Waals surface area contributed by atoms with Crippen molar-refractivity contribution >= 4 is 0 Å². The summed E-state index contributed by atoms with van der Waals surface area (Å²) in [6.45, 7) is 2.02. The maximum absolute atomic E-state index is 10.6. The normalized spacial score (nSPS) is 40.0. The Morgan fingerprint density at radius 3 is 2.78 bits per heavy atom. The minimum absolute atomic E-state index is 0.232. The van der Waals surface area contributed by atoms with E-state index in [4.69, 9.17) is 24.5 Å². The minimum atomic E-state index is -1.05. The summed E-state index contributed by atoms with van der Waals surface area (Å²) in [6.07, 6.45) is -3.08. The van der Waals surface area contributed by atoms with Crippen molar-refractivity contribution < 1.29 is 24.1 Å². The lowest BCUT2D eigenvalue weighted by atomic mass is 9.95. The predicted octanol–water partition coefficient (Wildman–Crippen LogP) is 1.69. The van der Waals surface area contributed by atoms with Crippen LogP contribution in [0.5, 0.6) is 0 Å². The third kappa shape index (κ3) is 2.92. The van der Waals surface area contributed by atoms with Gasteiger partial charge in [0.1, 0.15) is 18.2 Å². The number of ether oxygens (including phenoxy) is 4. The monoisotopic (exact) mass is 321 g/mol. The highest BCUT2D eigenvalue weighted by Gasteiger charge is 2.52. The molecule has 2 heterocycles. The smallest absolute Gasteiger partial charge is 0.192 e. The molecule has 124 valence electrons. The highest BCUT2D eigenvalue weighted by atomic mass is 16.8. The lowest BCUT2D eigenvalue weighted by Gasteiger charge is -2.49. The van der Waals surface area contributed by atoms with Crippen LogP contribution >= 0.6 is 0 Å². The van der Waals surface area contributed by atoms with Crippen molar-refractivity contribution in [3.8, 4) is 0 Å². The molecule has 3 rings (SSSR count). The Labute approximate surface area is 133 Å². The molecule has 1 N–H and O–H groups in total. The van der Waals surface area contributed by atoms with Crippen LogP contribution in [-0.4, -0.2) is 49.5 Å². The fourth-order valence-corrected chi connectivity index (χ4v) is 2.99. The van der Waals surface area contributed by atoms with Gasteiger partial charge in [-0.25, -0.2) is 0 Å². The number of azide groups is 1. The first-order valence-corrected chi connectivity index (χ1v) is 7.37. The van der Waals surface area contributed by atoms with Crippen LogP contribution in [0.2, 0.25) is 0 Å². The van der Waals surface area contributed by atoms with E-state index in [9.17, 15) is 5.11 Å². The Balaban J connectivity index is 1.85. The zero-order valence-electron chi connectivity index (χ0n) is 12.9. The summed E-state index contributed by atoms with van der Waals surface area (Å²) in [6, 6.07) is 8.56. The number of aliphatic hydroxyl groups excluding tert-OH is 1. The minimum Gasteiger partial charge on any atom is -0.390 e. The number of benzene rings is 1. The molecule has 2 fully saturated rings. The molecule has 6 atom stereocenters. The maximum Gasteiger partial charge on any atom is 0.192 e. The number of methoxy groups -OCH3 is 1. The molecule has 0 aliphatic carbocycles. The Morgan fingerprint density at radius 1 is 1.39 bits per heavy atom. The first kappa shape index (κ1) is 16.2. The molecule has 0 saturated carbocycles. The van der Waals surface area contributed by atoms with E-state index in [2.05, 4.69) is 10.0 Å². The average molecular weight is 321 g/mol. The molecule has 8 nitrogen and oxygen atoms in total. The Kier molecular flexibility index (Phi) is 4.54. The van der Waals surface area contributed by atoms with Gasteiger partial charge in [-0.1, -0.05) is 35.4 Å². The van der Waals surface area contributed by atoms with E-state index in [1.54, 1.807) is 6.92 Å². The first-order valence-electron chi connectivity index (χ1n) is 7.37. The SMILES string of the molecule is CO[C@@H]1O[C@@H]2CO[C@](C)(c3ccccc3)O[C@@H]2[C@@H](O)[C@@H]1N=[N+]=[N-]. The van der Waals surface area contributed by atoms with E-state index in [1.165, 1.54) is 7.11 Å². The van der Waals surface area contributed by atoms with Crippen molar-refractivity contribution in [2.24, 2.45) is 5.11 Å². The fourth-order valence-electron chi connectivity index (χ4n) is 2.99. The van der Waals surface area contributed by atoms with Crippen LogP contribution in [0.15, 0.2) is 35.4 Å². The molecule has 8 heteroatoms. The van der Waals surface area contributed by atoms with Gasteiger partial charge in [-0.3, -0.25) is 0 Å². The van der Waals surface area contributed by atoms with E-state index >= 15 is 0 Å². The summed E-state index contributed by atoms with van der Waals surface area (Å²) in [5.41, 5.74) is 9.53. The summed E-state index contributed by atoms with van der Waals surface area (Å²) in [5.74, 6) is -1.01. The quantitative estimate of drug-likeness (QED) is 0.518. The molecule has 0 amide bonds. The van der Waals surface area contributed by atoms with Gasteiger partial charge in [0.2, 0.25) is 0 Å². The van der Waals surface area contributed by atoms with E-state index in [-0.39, 0.29) is 6.61 Å². The number of aliphatic hydroxyl groups is 1. The largest absolute Gasteiger partial charge is 0.390 e. The average Bonchev–Trinajstić information content (AvgIpc) is 2.59. The van der Waals surface area contributed by atoms with Gasteiger partial charge in [-0.15, -0.1) is 0 Å². The fraction of sp³-hybridized carbons (Fsp3) is 0.600. The van der Waals surface area contributed by atoms with Crippen LogP contribution in [0.1, 0.15) is 12.5 Å². The number of hydrogen-bond acceptors (Lipinski definition) is 6. The van der Waals surface area contributed by atoms with Crippen LogP contribution in [0.3, 0.4) is 0 Å². The number of rotatable bonds is 3. The molecule has 0 aromatic heterocycles. The van der Waals surface area contributed by atoms with Gasteiger partial charge in [0.05, 0.1) is 12.7 Å². The first-order chi connectivity index (χ1) is 11.1. The second-order valence-electron chi connectivity index (χ2n) is 5.67. The predicted molar refractivity (Wildman–Crippen MR) is 79.2 cm³/mol. The Hall–Kier alpha value is -1.67. The molecule has 1 aromatic rings. The standard InChI is InChI=1S/C15H19N3O5/c1-15(9-6-4-3-5-7-9)21-8-10-13(23-15)12(19)11(17-18-16)14(20-2)22-10/h3-7,10-14,19H,8H2,1-2H3/t10-,11+,12+,13+,14-,15+/m1/s1. The van der Waals surface area contributed by atoms with Crippen molar-refractivity contribution in [2.45, 2.75) is 43.4 Å². The van der Waals surface area contributed by atoms with E-state index in [0.29, 0.717) is 0 Å². The molecule has 2 aliphatic rings. The summed E-state index contributed by atoms with van der Waals surface area (Å²) in [5, 5.41) is 14.2. The van der Waals surface area contributed by atoms with Gasteiger partial charge in [0.25, 0.3) is 0 Å². The van der Waals surface area contributed by atoms with Crippen LogP contribution in [0.4, 0.5) is 0 Å². The second-order valence-corrected chi connectivity index (χ2v) is 5.67. The van der Waals surface area contributed by atoms with E-state index < -0.39 is 36.4 Å². The Morgan fingerprint density at radius 2 is 2.13 bits per heavy atom. The van der Waals surface area contributed by atoms with Gasteiger partial charge >= 0.3 is 0 Å². The van der Waals surface area contributed by atoms with Crippen molar-refractivity contribution in [1.29, 1.82) is 0 Å². The highest BCUT2D eigenvalue weighted by Crippen LogP contribution is 2.38. The molecule has 2 aliphatic heterocycles. The zero-order chi connectivity index (χ0) is 16.4. The molecule has 0 unspecified atom stereocenters. The third-order valence-electron chi connectivity index (χ3n) is 4.24. The summed E-state index contributed by atoms with van der Waals surface area (Å²) < 4.78 is 22.7.